The van der Waals surface area contributed by atoms with Crippen molar-refractivity contribution in [1.29, 1.82) is 0 Å². The van der Waals surface area contributed by atoms with Gasteiger partial charge in [-0.25, -0.2) is 0 Å². The highest BCUT2D eigenvalue weighted by Gasteiger charge is 2.25. The van der Waals surface area contributed by atoms with Crippen molar-refractivity contribution < 1.29 is 4.79 Å². The number of carbonyl (C=O) groups excluding carboxylic acids is 1. The molecule has 0 saturated carbocycles. The second-order valence-corrected chi connectivity index (χ2v) is 7.81. The molecule has 0 aliphatic carbocycles. The number of nitrogens with zero attached hydrogens (tertiary/aromatic N) is 2. The maximum Gasteiger partial charge on any atom is 0.227 e. The summed E-state index contributed by atoms with van der Waals surface area (Å²) in [6.45, 7) is 9.52. The Bertz CT molecular complexity index is 690. The molecule has 2 aromatic carbocycles. The fourth-order valence-corrected chi connectivity index (χ4v) is 3.52. The minimum atomic E-state index is 0.109. The molecule has 1 aliphatic heterocycles. The SMILES string of the molecule is CCC.Cc1ccc(CC(=O)N(C)[C@H](CN2CCCC2)c2ccccc2)cc1. The molecule has 3 nitrogen and oxygen atoms in total. The molecule has 3 heteroatoms. The zero-order valence-electron chi connectivity index (χ0n) is 18.0. The van der Waals surface area contributed by atoms with Crippen LogP contribution in [0.4, 0.5) is 0 Å². The molecule has 152 valence electrons. The molecule has 1 heterocycles. The molecular formula is C25H36N2O. The molecule has 1 atom stereocenters. The normalized spacial score (nSPS) is 14.9. The van der Waals surface area contributed by atoms with Gasteiger partial charge in [0.1, 0.15) is 0 Å². The smallest absolute Gasteiger partial charge is 0.227 e. The van der Waals surface area contributed by atoms with Crippen molar-refractivity contribution in [2.24, 2.45) is 0 Å². The Labute approximate surface area is 171 Å². The molecule has 1 saturated heterocycles. The van der Waals surface area contributed by atoms with Crippen molar-refractivity contribution in [2.75, 3.05) is 26.7 Å². The highest BCUT2D eigenvalue weighted by Crippen LogP contribution is 2.23. The minimum absolute atomic E-state index is 0.109. The fraction of sp³-hybridized carbons (Fsp3) is 0.480. The summed E-state index contributed by atoms with van der Waals surface area (Å²) >= 11 is 0. The average molecular weight is 381 g/mol. The highest BCUT2D eigenvalue weighted by atomic mass is 16.2. The van der Waals surface area contributed by atoms with Crippen LogP contribution >= 0.6 is 0 Å². The van der Waals surface area contributed by atoms with Crippen LogP contribution in [0, 0.1) is 6.92 Å². The van der Waals surface area contributed by atoms with E-state index in [2.05, 4.69) is 74.2 Å². The standard InChI is InChI=1S/C22H28N2O.C3H8/c1-18-10-12-19(13-11-18)16-22(25)23(2)21(17-24-14-6-7-15-24)20-8-4-3-5-9-20;1-3-2/h3-5,8-13,21H,6-7,14-17H2,1-2H3;3H2,1-2H3/t21-;/m1./s1. The first-order valence-corrected chi connectivity index (χ1v) is 10.6. The maximum atomic E-state index is 12.9. The van der Waals surface area contributed by atoms with E-state index in [-0.39, 0.29) is 11.9 Å². The van der Waals surface area contributed by atoms with E-state index < -0.39 is 0 Å². The van der Waals surface area contributed by atoms with E-state index in [9.17, 15) is 4.79 Å². The molecule has 1 amide bonds. The third-order valence-corrected chi connectivity index (χ3v) is 5.15. The van der Waals surface area contributed by atoms with Crippen LogP contribution in [0.25, 0.3) is 0 Å². The minimum Gasteiger partial charge on any atom is -0.337 e. The van der Waals surface area contributed by atoms with Crippen LogP contribution < -0.4 is 0 Å². The second kappa shape index (κ2) is 11.7. The van der Waals surface area contributed by atoms with E-state index in [1.807, 2.05) is 18.0 Å². The Kier molecular flexibility index (Phi) is 9.22. The van der Waals surface area contributed by atoms with Crippen molar-refractivity contribution >= 4 is 5.91 Å². The first-order valence-electron chi connectivity index (χ1n) is 10.6. The van der Waals surface area contributed by atoms with Gasteiger partial charge in [-0.15, -0.1) is 0 Å². The fourth-order valence-electron chi connectivity index (χ4n) is 3.52. The molecule has 0 unspecified atom stereocenters. The van der Waals surface area contributed by atoms with E-state index in [4.69, 9.17) is 0 Å². The molecule has 0 aromatic heterocycles. The second-order valence-electron chi connectivity index (χ2n) is 7.81. The lowest BCUT2D eigenvalue weighted by Gasteiger charge is -2.32. The molecule has 28 heavy (non-hydrogen) atoms. The quantitative estimate of drug-likeness (QED) is 0.683. The summed E-state index contributed by atoms with van der Waals surface area (Å²) in [7, 11) is 1.95. The van der Waals surface area contributed by atoms with Gasteiger partial charge in [0.05, 0.1) is 12.5 Å². The lowest BCUT2D eigenvalue weighted by Crippen LogP contribution is -2.39. The van der Waals surface area contributed by atoms with Gasteiger partial charge in [0.15, 0.2) is 0 Å². The number of rotatable bonds is 6. The number of hydrogen-bond donors (Lipinski definition) is 0. The molecular weight excluding hydrogens is 344 g/mol. The number of likely N-dealkylation sites (N-methyl/N-ethyl adjacent to an activating group) is 1. The van der Waals surface area contributed by atoms with Crippen molar-refractivity contribution in [3.8, 4) is 0 Å². The Morgan fingerprint density at radius 2 is 1.57 bits per heavy atom. The molecule has 2 aromatic rings. The van der Waals surface area contributed by atoms with Gasteiger partial charge in [-0.05, 0) is 44.0 Å². The molecule has 1 fully saturated rings. The van der Waals surface area contributed by atoms with Gasteiger partial charge in [-0.1, -0.05) is 80.4 Å². The van der Waals surface area contributed by atoms with E-state index in [1.54, 1.807) is 0 Å². The number of hydrogen-bond acceptors (Lipinski definition) is 2. The van der Waals surface area contributed by atoms with Crippen LogP contribution in [0.3, 0.4) is 0 Å². The number of aryl methyl sites for hydroxylation is 1. The van der Waals surface area contributed by atoms with E-state index in [0.29, 0.717) is 6.42 Å². The van der Waals surface area contributed by atoms with E-state index >= 15 is 0 Å². The van der Waals surface area contributed by atoms with Crippen molar-refractivity contribution in [3.63, 3.8) is 0 Å². The van der Waals surface area contributed by atoms with Gasteiger partial charge in [0, 0.05) is 13.6 Å². The van der Waals surface area contributed by atoms with Gasteiger partial charge in [-0.3, -0.25) is 4.79 Å². The largest absolute Gasteiger partial charge is 0.337 e. The van der Waals surface area contributed by atoms with Gasteiger partial charge in [0.2, 0.25) is 5.91 Å². The van der Waals surface area contributed by atoms with Crippen LogP contribution in [-0.4, -0.2) is 42.4 Å². The third kappa shape index (κ3) is 6.79. The van der Waals surface area contributed by atoms with Crippen LogP contribution in [-0.2, 0) is 11.2 Å². The summed E-state index contributed by atoms with van der Waals surface area (Å²) in [4.78, 5) is 17.3. The highest BCUT2D eigenvalue weighted by molar-refractivity contribution is 5.79. The topological polar surface area (TPSA) is 23.6 Å². The monoisotopic (exact) mass is 380 g/mol. The van der Waals surface area contributed by atoms with Crippen molar-refractivity contribution in [3.05, 3.63) is 71.3 Å². The summed E-state index contributed by atoms with van der Waals surface area (Å²) in [5.41, 5.74) is 3.52. The van der Waals surface area contributed by atoms with Gasteiger partial charge in [0.25, 0.3) is 0 Å². The van der Waals surface area contributed by atoms with E-state index in [1.165, 1.54) is 30.4 Å². The summed E-state index contributed by atoms with van der Waals surface area (Å²) in [6.07, 6.45) is 4.24. The zero-order valence-corrected chi connectivity index (χ0v) is 18.0. The predicted molar refractivity (Wildman–Crippen MR) is 118 cm³/mol. The number of amides is 1. The molecule has 0 N–H and O–H groups in total. The Morgan fingerprint density at radius 3 is 2.14 bits per heavy atom. The lowest BCUT2D eigenvalue weighted by atomic mass is 10.0. The van der Waals surface area contributed by atoms with Crippen molar-refractivity contribution in [1.82, 2.24) is 9.80 Å². The number of benzene rings is 2. The summed E-state index contributed by atoms with van der Waals surface area (Å²) < 4.78 is 0. The van der Waals surface area contributed by atoms with E-state index in [0.717, 1.165) is 25.2 Å². The van der Waals surface area contributed by atoms with Crippen LogP contribution in [0.15, 0.2) is 54.6 Å². The number of carbonyl (C=O) groups is 1. The Morgan fingerprint density at radius 1 is 1.00 bits per heavy atom. The summed E-state index contributed by atoms with van der Waals surface area (Å²) in [6, 6.07) is 18.8. The van der Waals surface area contributed by atoms with Gasteiger partial charge in [-0.2, -0.15) is 0 Å². The van der Waals surface area contributed by atoms with Crippen LogP contribution in [0.5, 0.6) is 0 Å². The predicted octanol–water partition coefficient (Wildman–Crippen LogP) is 5.25. The third-order valence-electron chi connectivity index (χ3n) is 5.15. The van der Waals surface area contributed by atoms with Gasteiger partial charge < -0.3 is 9.80 Å². The van der Waals surface area contributed by atoms with Crippen molar-refractivity contribution in [2.45, 2.75) is 52.5 Å². The molecule has 0 bridgehead atoms. The maximum absolute atomic E-state index is 12.9. The lowest BCUT2D eigenvalue weighted by molar-refractivity contribution is -0.131. The summed E-state index contributed by atoms with van der Waals surface area (Å²) in [5, 5.41) is 0. The first-order chi connectivity index (χ1) is 13.5. The van der Waals surface area contributed by atoms with Crippen LogP contribution in [0.1, 0.15) is 55.8 Å². The molecule has 0 spiro atoms. The summed E-state index contributed by atoms with van der Waals surface area (Å²) in [5.74, 6) is 0.178. The average Bonchev–Trinajstić information content (AvgIpc) is 3.22. The first kappa shape index (κ1) is 22.2. The molecule has 1 aliphatic rings. The number of likely N-dealkylation sites (tertiary alicyclic amines) is 1. The van der Waals surface area contributed by atoms with Gasteiger partial charge >= 0.3 is 0 Å². The molecule has 3 rings (SSSR count). The van der Waals surface area contributed by atoms with Crippen LogP contribution in [0.2, 0.25) is 0 Å². The zero-order chi connectivity index (χ0) is 20.4. The molecule has 0 radical (unpaired) electrons. The Hall–Kier alpha value is -2.13. The Balaban J connectivity index is 0.000000878.